The van der Waals surface area contributed by atoms with E-state index in [1.165, 1.54) is 0 Å². The maximum absolute atomic E-state index is 6.14. The maximum Gasteiger partial charge on any atom is 0.191 e. The monoisotopic (exact) mass is 296 g/mol. The van der Waals surface area contributed by atoms with E-state index in [0.29, 0.717) is 6.54 Å². The Morgan fingerprint density at radius 2 is 1.90 bits per heavy atom. The summed E-state index contributed by atoms with van der Waals surface area (Å²) in [4.78, 5) is 6.41. The normalized spacial score (nSPS) is 12.7. The molecule has 112 valence electrons. The van der Waals surface area contributed by atoms with Crippen LogP contribution in [0.5, 0.6) is 0 Å². The molecule has 0 aromatic heterocycles. The van der Waals surface area contributed by atoms with Gasteiger partial charge in [-0.15, -0.1) is 0 Å². The summed E-state index contributed by atoms with van der Waals surface area (Å²) in [6, 6.07) is 7.81. The zero-order valence-electron chi connectivity index (χ0n) is 13.0. The lowest BCUT2D eigenvalue weighted by atomic mass is 10.0. The molecule has 0 bridgehead atoms. The van der Waals surface area contributed by atoms with E-state index in [1.807, 2.05) is 24.3 Å². The van der Waals surface area contributed by atoms with E-state index in [2.05, 4.69) is 48.5 Å². The Labute approximate surface area is 127 Å². The van der Waals surface area contributed by atoms with Crippen LogP contribution in [-0.2, 0) is 6.54 Å². The van der Waals surface area contributed by atoms with Crippen LogP contribution in [0.15, 0.2) is 29.3 Å². The van der Waals surface area contributed by atoms with E-state index in [-0.39, 0.29) is 5.54 Å². The molecular weight excluding hydrogens is 272 g/mol. The number of nitrogens with one attached hydrogen (secondary N) is 2. The number of halogens is 1. The summed E-state index contributed by atoms with van der Waals surface area (Å²) in [6.07, 6.45) is 0. The van der Waals surface area contributed by atoms with Gasteiger partial charge < -0.3 is 15.5 Å². The summed E-state index contributed by atoms with van der Waals surface area (Å²) in [7, 11) is 5.91. The number of nitrogens with zero attached hydrogens (tertiary/aromatic N) is 2. The first-order valence-electron chi connectivity index (χ1n) is 6.72. The molecule has 0 amide bonds. The van der Waals surface area contributed by atoms with Gasteiger partial charge in [-0.3, -0.25) is 4.99 Å². The molecule has 1 aromatic rings. The Balaban J connectivity index is 2.51. The van der Waals surface area contributed by atoms with Gasteiger partial charge in [-0.2, -0.15) is 0 Å². The van der Waals surface area contributed by atoms with Crippen molar-refractivity contribution in [2.45, 2.75) is 25.9 Å². The van der Waals surface area contributed by atoms with Crippen LogP contribution in [0.3, 0.4) is 0 Å². The van der Waals surface area contributed by atoms with Crippen LogP contribution in [0, 0.1) is 0 Å². The number of hydrogen-bond donors (Lipinski definition) is 2. The highest BCUT2D eigenvalue weighted by Crippen LogP contribution is 2.14. The second-order valence-corrected chi connectivity index (χ2v) is 5.98. The SMILES string of the molecule is CN=C(NCc1ccccc1Cl)NCC(C)(C)N(C)C. The number of benzene rings is 1. The summed E-state index contributed by atoms with van der Waals surface area (Å²) >= 11 is 6.14. The van der Waals surface area contributed by atoms with Gasteiger partial charge in [0.25, 0.3) is 0 Å². The summed E-state index contributed by atoms with van der Waals surface area (Å²) < 4.78 is 0. The van der Waals surface area contributed by atoms with Gasteiger partial charge in [0.1, 0.15) is 0 Å². The van der Waals surface area contributed by atoms with Crippen LogP contribution in [0.2, 0.25) is 5.02 Å². The quantitative estimate of drug-likeness (QED) is 0.647. The first-order valence-corrected chi connectivity index (χ1v) is 7.10. The standard InChI is InChI=1S/C15H25ClN4/c1-15(2,20(4)5)11-19-14(17-3)18-10-12-8-6-7-9-13(12)16/h6-9H,10-11H2,1-5H3,(H2,17,18,19). The average molecular weight is 297 g/mol. The third kappa shape index (κ3) is 5.02. The highest BCUT2D eigenvalue weighted by molar-refractivity contribution is 6.31. The summed E-state index contributed by atoms with van der Waals surface area (Å²) in [5.74, 6) is 0.778. The molecule has 1 aromatic carbocycles. The van der Waals surface area contributed by atoms with Crippen molar-refractivity contribution < 1.29 is 0 Å². The van der Waals surface area contributed by atoms with Crippen LogP contribution in [0.1, 0.15) is 19.4 Å². The van der Waals surface area contributed by atoms with Gasteiger partial charge in [0, 0.05) is 30.7 Å². The first-order chi connectivity index (χ1) is 9.36. The van der Waals surface area contributed by atoms with Gasteiger partial charge in [0.2, 0.25) is 0 Å². The van der Waals surface area contributed by atoms with Crippen LogP contribution in [-0.4, -0.2) is 44.1 Å². The lowest BCUT2D eigenvalue weighted by Gasteiger charge is -2.33. The average Bonchev–Trinajstić information content (AvgIpc) is 2.40. The molecule has 0 unspecified atom stereocenters. The third-order valence-corrected chi connectivity index (χ3v) is 3.90. The molecule has 0 radical (unpaired) electrons. The fourth-order valence-electron chi connectivity index (χ4n) is 1.50. The first kappa shape index (κ1) is 16.8. The van der Waals surface area contributed by atoms with E-state index in [0.717, 1.165) is 23.1 Å². The number of guanidine groups is 1. The van der Waals surface area contributed by atoms with Crippen molar-refractivity contribution in [2.24, 2.45) is 4.99 Å². The highest BCUT2D eigenvalue weighted by Gasteiger charge is 2.20. The smallest absolute Gasteiger partial charge is 0.191 e. The molecule has 0 saturated heterocycles. The largest absolute Gasteiger partial charge is 0.355 e. The minimum absolute atomic E-state index is 0.0576. The predicted octanol–water partition coefficient (Wildman–Crippen LogP) is 2.35. The van der Waals surface area contributed by atoms with Crippen LogP contribution in [0.25, 0.3) is 0 Å². The van der Waals surface area contributed by atoms with Gasteiger partial charge in [-0.25, -0.2) is 0 Å². The number of hydrogen-bond acceptors (Lipinski definition) is 2. The lowest BCUT2D eigenvalue weighted by molar-refractivity contribution is 0.197. The number of rotatable bonds is 5. The molecule has 4 nitrogen and oxygen atoms in total. The van der Waals surface area contributed by atoms with E-state index in [1.54, 1.807) is 7.05 Å². The third-order valence-electron chi connectivity index (χ3n) is 3.53. The Hall–Kier alpha value is -1.26. The minimum atomic E-state index is 0.0576. The van der Waals surface area contributed by atoms with Crippen molar-refractivity contribution >= 4 is 17.6 Å². The van der Waals surface area contributed by atoms with Gasteiger partial charge in [0.15, 0.2) is 5.96 Å². The molecular formula is C15H25ClN4. The zero-order valence-corrected chi connectivity index (χ0v) is 13.8. The van der Waals surface area contributed by atoms with Gasteiger partial charge in [-0.05, 0) is 39.6 Å². The highest BCUT2D eigenvalue weighted by atomic mass is 35.5. The second kappa shape index (κ2) is 7.50. The fourth-order valence-corrected chi connectivity index (χ4v) is 1.70. The fraction of sp³-hybridized carbons (Fsp3) is 0.533. The van der Waals surface area contributed by atoms with Crippen LogP contribution in [0.4, 0.5) is 0 Å². The molecule has 1 rings (SSSR count). The molecule has 0 fully saturated rings. The van der Waals surface area contributed by atoms with E-state index < -0.39 is 0 Å². The summed E-state index contributed by atoms with van der Waals surface area (Å²) in [6.45, 7) is 5.83. The van der Waals surface area contributed by atoms with E-state index in [9.17, 15) is 0 Å². The molecule has 0 aliphatic carbocycles. The van der Waals surface area contributed by atoms with Gasteiger partial charge >= 0.3 is 0 Å². The predicted molar refractivity (Wildman–Crippen MR) is 87.4 cm³/mol. The van der Waals surface area contributed by atoms with Crippen molar-refractivity contribution in [3.8, 4) is 0 Å². The van der Waals surface area contributed by atoms with Crippen molar-refractivity contribution in [3.05, 3.63) is 34.9 Å². The van der Waals surface area contributed by atoms with Crippen molar-refractivity contribution in [1.82, 2.24) is 15.5 Å². The molecule has 0 aliphatic rings. The second-order valence-electron chi connectivity index (χ2n) is 5.58. The number of aliphatic imine (C=N–C) groups is 1. The zero-order chi connectivity index (χ0) is 15.2. The molecule has 20 heavy (non-hydrogen) atoms. The molecule has 0 saturated carbocycles. The Kier molecular flexibility index (Phi) is 6.30. The van der Waals surface area contributed by atoms with Crippen molar-refractivity contribution in [1.29, 1.82) is 0 Å². The molecule has 0 atom stereocenters. The van der Waals surface area contributed by atoms with Crippen LogP contribution < -0.4 is 10.6 Å². The molecule has 0 aliphatic heterocycles. The summed E-state index contributed by atoms with van der Waals surface area (Å²) in [5.41, 5.74) is 1.12. The number of likely N-dealkylation sites (N-methyl/N-ethyl adjacent to an activating group) is 1. The van der Waals surface area contributed by atoms with Gasteiger partial charge in [0.05, 0.1) is 0 Å². The minimum Gasteiger partial charge on any atom is -0.355 e. The lowest BCUT2D eigenvalue weighted by Crippen LogP contribution is -2.50. The van der Waals surface area contributed by atoms with E-state index in [4.69, 9.17) is 11.6 Å². The molecule has 2 N–H and O–H groups in total. The van der Waals surface area contributed by atoms with Crippen molar-refractivity contribution in [2.75, 3.05) is 27.7 Å². The van der Waals surface area contributed by atoms with Crippen molar-refractivity contribution in [3.63, 3.8) is 0 Å². The van der Waals surface area contributed by atoms with Gasteiger partial charge in [-0.1, -0.05) is 29.8 Å². The molecule has 5 heteroatoms. The topological polar surface area (TPSA) is 39.7 Å². The molecule has 0 spiro atoms. The Morgan fingerprint density at radius 1 is 1.25 bits per heavy atom. The maximum atomic E-state index is 6.14. The summed E-state index contributed by atoms with van der Waals surface area (Å²) in [5, 5.41) is 7.38. The van der Waals surface area contributed by atoms with Crippen LogP contribution >= 0.6 is 11.6 Å². The Morgan fingerprint density at radius 3 is 2.45 bits per heavy atom. The molecule has 0 heterocycles. The Bertz CT molecular complexity index is 455. The van der Waals surface area contributed by atoms with E-state index >= 15 is 0 Å².